The Morgan fingerprint density at radius 3 is 2.96 bits per heavy atom. The molecule has 0 bridgehead atoms. The highest BCUT2D eigenvalue weighted by atomic mass is 15.4. The van der Waals surface area contributed by atoms with Crippen LogP contribution in [0.5, 0.6) is 0 Å². The molecule has 6 nitrogen and oxygen atoms in total. The average Bonchev–Trinajstić information content (AvgIpc) is 2.61. The number of piperidine rings is 1. The SMILES string of the molecule is CN(C/C(N)=C/N(N)CC1CCNCC1)C1CCCc2cccnc21. The minimum atomic E-state index is 0.340. The van der Waals surface area contributed by atoms with Crippen LogP contribution in [0.15, 0.2) is 30.2 Å². The molecule has 1 unspecified atom stereocenters. The lowest BCUT2D eigenvalue weighted by atomic mass is 9.91. The Hall–Kier alpha value is -1.63. The van der Waals surface area contributed by atoms with Crippen molar-refractivity contribution in [2.24, 2.45) is 17.5 Å². The molecule has 1 atom stereocenters. The van der Waals surface area contributed by atoms with Gasteiger partial charge < -0.3 is 16.1 Å². The van der Waals surface area contributed by atoms with Crippen molar-refractivity contribution in [3.8, 4) is 0 Å². The van der Waals surface area contributed by atoms with E-state index in [0.717, 1.165) is 38.2 Å². The molecule has 1 aliphatic carbocycles. The first-order valence-corrected chi connectivity index (χ1v) is 9.45. The van der Waals surface area contributed by atoms with Gasteiger partial charge in [-0.15, -0.1) is 0 Å². The van der Waals surface area contributed by atoms with Crippen LogP contribution in [-0.2, 0) is 6.42 Å². The predicted molar refractivity (Wildman–Crippen MR) is 101 cm³/mol. The minimum absolute atomic E-state index is 0.340. The Bertz CT molecular complexity index is 581. The Morgan fingerprint density at radius 2 is 2.16 bits per heavy atom. The molecule has 3 rings (SSSR count). The molecular weight excluding hydrogens is 312 g/mol. The van der Waals surface area contributed by atoms with Crippen molar-refractivity contribution in [1.29, 1.82) is 0 Å². The first kappa shape index (κ1) is 18.2. The zero-order valence-corrected chi connectivity index (χ0v) is 15.3. The third-order valence-electron chi connectivity index (χ3n) is 5.39. The van der Waals surface area contributed by atoms with Crippen LogP contribution in [0.4, 0.5) is 0 Å². The molecular formula is C19H32N6. The topological polar surface area (TPSA) is 83.4 Å². The van der Waals surface area contributed by atoms with E-state index in [1.54, 1.807) is 5.01 Å². The molecule has 5 N–H and O–H groups in total. The van der Waals surface area contributed by atoms with Gasteiger partial charge in [0.05, 0.1) is 11.7 Å². The molecule has 2 heterocycles. The summed E-state index contributed by atoms with van der Waals surface area (Å²) < 4.78 is 0. The number of aryl methyl sites for hydroxylation is 1. The summed E-state index contributed by atoms with van der Waals surface area (Å²) >= 11 is 0. The molecule has 1 saturated heterocycles. The Morgan fingerprint density at radius 1 is 1.36 bits per heavy atom. The fourth-order valence-corrected chi connectivity index (χ4v) is 4.08. The van der Waals surface area contributed by atoms with Crippen LogP contribution in [0.2, 0.25) is 0 Å². The number of hydrazine groups is 1. The van der Waals surface area contributed by atoms with Crippen molar-refractivity contribution in [2.75, 3.05) is 33.2 Å². The summed E-state index contributed by atoms with van der Waals surface area (Å²) in [5, 5.41) is 5.16. The number of pyridine rings is 1. The van der Waals surface area contributed by atoms with Crippen LogP contribution < -0.4 is 16.9 Å². The van der Waals surface area contributed by atoms with Crippen molar-refractivity contribution in [3.63, 3.8) is 0 Å². The van der Waals surface area contributed by atoms with Crippen LogP contribution in [-0.4, -0.2) is 48.1 Å². The molecule has 1 aromatic rings. The maximum Gasteiger partial charge on any atom is 0.0607 e. The highest BCUT2D eigenvalue weighted by Crippen LogP contribution is 2.31. The lowest BCUT2D eigenvalue weighted by Gasteiger charge is -2.32. The van der Waals surface area contributed by atoms with Crippen LogP contribution in [0, 0.1) is 5.92 Å². The Labute approximate surface area is 151 Å². The van der Waals surface area contributed by atoms with Crippen molar-refractivity contribution >= 4 is 0 Å². The summed E-state index contributed by atoms with van der Waals surface area (Å²) in [6, 6.07) is 4.57. The van der Waals surface area contributed by atoms with E-state index in [9.17, 15) is 0 Å². The van der Waals surface area contributed by atoms with E-state index in [0.29, 0.717) is 18.5 Å². The summed E-state index contributed by atoms with van der Waals surface area (Å²) in [6.07, 6.45) is 9.64. The van der Waals surface area contributed by atoms with Crippen molar-refractivity contribution in [2.45, 2.75) is 38.1 Å². The second-order valence-electron chi connectivity index (χ2n) is 7.47. The molecule has 25 heavy (non-hydrogen) atoms. The maximum atomic E-state index is 6.27. The predicted octanol–water partition coefficient (Wildman–Crippen LogP) is 1.37. The lowest BCUT2D eigenvalue weighted by molar-refractivity contribution is 0.228. The van der Waals surface area contributed by atoms with Crippen molar-refractivity contribution < 1.29 is 0 Å². The Kier molecular flexibility index (Phi) is 6.29. The number of nitrogens with zero attached hydrogens (tertiary/aromatic N) is 3. The molecule has 6 heteroatoms. The number of nitrogens with two attached hydrogens (primary N) is 2. The number of fused-ring (bicyclic) bond motifs is 1. The van der Waals surface area contributed by atoms with E-state index in [2.05, 4.69) is 28.3 Å². The lowest BCUT2D eigenvalue weighted by Crippen LogP contribution is -2.38. The summed E-state index contributed by atoms with van der Waals surface area (Å²) in [4.78, 5) is 6.93. The zero-order chi connectivity index (χ0) is 17.6. The Balaban J connectivity index is 1.56. The second-order valence-corrected chi connectivity index (χ2v) is 7.47. The minimum Gasteiger partial charge on any atom is -0.400 e. The fourth-order valence-electron chi connectivity index (χ4n) is 4.08. The van der Waals surface area contributed by atoms with Gasteiger partial charge in [0.25, 0.3) is 0 Å². The average molecular weight is 345 g/mol. The maximum absolute atomic E-state index is 6.27. The van der Waals surface area contributed by atoms with E-state index >= 15 is 0 Å². The van der Waals surface area contributed by atoms with Gasteiger partial charge in [-0.3, -0.25) is 9.88 Å². The molecule has 1 aromatic heterocycles. The normalized spacial score (nSPS) is 22.0. The fraction of sp³-hybridized carbons (Fsp3) is 0.632. The van der Waals surface area contributed by atoms with Crippen LogP contribution in [0.1, 0.15) is 43.0 Å². The molecule has 1 aliphatic heterocycles. The molecule has 1 fully saturated rings. The van der Waals surface area contributed by atoms with Crippen LogP contribution in [0.25, 0.3) is 0 Å². The van der Waals surface area contributed by atoms with Gasteiger partial charge in [-0.25, -0.2) is 5.84 Å². The molecule has 0 aromatic carbocycles. The largest absolute Gasteiger partial charge is 0.400 e. The van der Waals surface area contributed by atoms with Gasteiger partial charge in [0.15, 0.2) is 0 Å². The van der Waals surface area contributed by atoms with E-state index in [4.69, 9.17) is 11.6 Å². The van der Waals surface area contributed by atoms with Gasteiger partial charge in [-0.2, -0.15) is 0 Å². The molecule has 138 valence electrons. The number of hydrogen-bond donors (Lipinski definition) is 3. The van der Waals surface area contributed by atoms with Gasteiger partial charge in [0, 0.05) is 31.2 Å². The van der Waals surface area contributed by atoms with E-state index in [1.807, 2.05) is 18.5 Å². The van der Waals surface area contributed by atoms with Gasteiger partial charge in [-0.05, 0) is 69.8 Å². The third kappa shape index (κ3) is 4.93. The highest BCUT2D eigenvalue weighted by Gasteiger charge is 2.25. The second kappa shape index (κ2) is 8.65. The number of rotatable bonds is 6. The highest BCUT2D eigenvalue weighted by molar-refractivity contribution is 5.25. The van der Waals surface area contributed by atoms with Crippen molar-refractivity contribution in [1.82, 2.24) is 20.2 Å². The van der Waals surface area contributed by atoms with Crippen LogP contribution >= 0.6 is 0 Å². The standard InChI is InChI=1S/C19H32N6/c1-24(18-6-2-4-16-5-3-9-23-19(16)18)13-17(20)14-25(21)12-15-7-10-22-11-8-15/h3,5,9,14-15,18,22H,2,4,6-8,10-13,20-21H2,1H3/b17-14-. The summed E-state index contributed by atoms with van der Waals surface area (Å²) in [6.45, 7) is 3.77. The van der Waals surface area contributed by atoms with Gasteiger partial charge >= 0.3 is 0 Å². The molecule has 0 radical (unpaired) electrons. The third-order valence-corrected chi connectivity index (χ3v) is 5.39. The number of likely N-dealkylation sites (N-methyl/N-ethyl adjacent to an activating group) is 1. The van der Waals surface area contributed by atoms with E-state index in [-0.39, 0.29) is 0 Å². The molecule has 0 saturated carbocycles. The summed E-state index contributed by atoms with van der Waals surface area (Å²) in [5.74, 6) is 6.82. The number of nitrogens with one attached hydrogen (secondary N) is 1. The van der Waals surface area contributed by atoms with Gasteiger partial charge in [-0.1, -0.05) is 6.07 Å². The smallest absolute Gasteiger partial charge is 0.0607 e. The first-order chi connectivity index (χ1) is 12.1. The molecule has 0 amide bonds. The monoisotopic (exact) mass is 344 g/mol. The van der Waals surface area contributed by atoms with Crippen molar-refractivity contribution in [3.05, 3.63) is 41.5 Å². The molecule has 0 spiro atoms. The first-order valence-electron chi connectivity index (χ1n) is 9.45. The summed E-state index contributed by atoms with van der Waals surface area (Å²) in [7, 11) is 2.13. The molecule has 2 aliphatic rings. The van der Waals surface area contributed by atoms with Gasteiger partial charge in [0.1, 0.15) is 0 Å². The quantitative estimate of drug-likeness (QED) is 0.534. The van der Waals surface area contributed by atoms with Gasteiger partial charge in [0.2, 0.25) is 0 Å². The van der Waals surface area contributed by atoms with E-state index < -0.39 is 0 Å². The number of aromatic nitrogens is 1. The van der Waals surface area contributed by atoms with E-state index in [1.165, 1.54) is 30.5 Å². The summed E-state index contributed by atoms with van der Waals surface area (Å²) in [5.41, 5.74) is 9.67. The zero-order valence-electron chi connectivity index (χ0n) is 15.3. The number of hydrogen-bond acceptors (Lipinski definition) is 6. The van der Waals surface area contributed by atoms with Crippen LogP contribution in [0.3, 0.4) is 0 Å².